The summed E-state index contributed by atoms with van der Waals surface area (Å²) < 4.78 is 0.806. The zero-order valence-corrected chi connectivity index (χ0v) is 10.8. The van der Waals surface area contributed by atoms with Crippen molar-refractivity contribution in [3.63, 3.8) is 0 Å². The molecule has 0 aromatic heterocycles. The van der Waals surface area contributed by atoms with E-state index in [0.29, 0.717) is 17.5 Å². The molecule has 16 heavy (non-hydrogen) atoms. The molecule has 0 saturated heterocycles. The van der Waals surface area contributed by atoms with E-state index in [1.807, 2.05) is 22.6 Å². The molecule has 0 unspecified atom stereocenters. The smallest absolute Gasteiger partial charge is 0.144 e. The number of nitrogens with one attached hydrogen (secondary N) is 1. The molecule has 84 valence electrons. The molecular weight excluding hydrogens is 319 g/mol. The summed E-state index contributed by atoms with van der Waals surface area (Å²) >= 11 is 2.05. The Morgan fingerprint density at radius 2 is 2.31 bits per heavy atom. The van der Waals surface area contributed by atoms with Crippen molar-refractivity contribution >= 4 is 34.6 Å². The molecular formula is C11H11IN2O2. The number of anilines is 1. The van der Waals surface area contributed by atoms with Gasteiger partial charge >= 0.3 is 0 Å². The Balaban J connectivity index is 2.87. The molecule has 2 atom stereocenters. The van der Waals surface area contributed by atoms with E-state index in [9.17, 15) is 9.90 Å². The van der Waals surface area contributed by atoms with E-state index < -0.39 is 12.1 Å². The Morgan fingerprint density at radius 1 is 1.62 bits per heavy atom. The van der Waals surface area contributed by atoms with E-state index in [4.69, 9.17) is 5.26 Å². The third-order valence-electron chi connectivity index (χ3n) is 2.09. The van der Waals surface area contributed by atoms with Crippen LogP contribution >= 0.6 is 22.6 Å². The Hall–Kier alpha value is -1.13. The first-order valence-electron chi connectivity index (χ1n) is 4.68. The van der Waals surface area contributed by atoms with Crippen LogP contribution in [-0.4, -0.2) is 23.5 Å². The van der Waals surface area contributed by atoms with E-state index in [2.05, 4.69) is 11.4 Å². The zero-order chi connectivity index (χ0) is 12.1. The molecule has 0 fully saturated rings. The Bertz CT molecular complexity index is 426. The van der Waals surface area contributed by atoms with Gasteiger partial charge < -0.3 is 15.2 Å². The van der Waals surface area contributed by atoms with Crippen molar-refractivity contribution in [2.75, 3.05) is 5.32 Å². The molecule has 0 aliphatic heterocycles. The fourth-order valence-corrected chi connectivity index (χ4v) is 1.79. The van der Waals surface area contributed by atoms with Gasteiger partial charge in [0.15, 0.2) is 0 Å². The number of nitriles is 1. The zero-order valence-electron chi connectivity index (χ0n) is 8.64. The van der Waals surface area contributed by atoms with Gasteiger partial charge in [-0.1, -0.05) is 0 Å². The summed E-state index contributed by atoms with van der Waals surface area (Å²) in [5, 5.41) is 20.9. The molecule has 4 nitrogen and oxygen atoms in total. The van der Waals surface area contributed by atoms with Gasteiger partial charge in [-0.25, -0.2) is 0 Å². The number of carbonyl (C=O) groups excluding carboxylic acids is 1. The second-order valence-electron chi connectivity index (χ2n) is 3.35. The van der Waals surface area contributed by atoms with Crippen molar-refractivity contribution in [3.8, 4) is 6.07 Å². The minimum Gasteiger partial charge on any atom is -0.391 e. The van der Waals surface area contributed by atoms with Crippen LogP contribution in [0.4, 0.5) is 5.69 Å². The van der Waals surface area contributed by atoms with E-state index >= 15 is 0 Å². The number of benzene rings is 1. The molecule has 0 aliphatic carbocycles. The lowest BCUT2D eigenvalue weighted by Gasteiger charge is -2.16. The van der Waals surface area contributed by atoms with Crippen LogP contribution in [0.25, 0.3) is 0 Å². The monoisotopic (exact) mass is 330 g/mol. The van der Waals surface area contributed by atoms with Crippen molar-refractivity contribution < 1.29 is 9.90 Å². The van der Waals surface area contributed by atoms with Crippen LogP contribution in [0.1, 0.15) is 12.5 Å². The number of hydrogen-bond acceptors (Lipinski definition) is 4. The number of hydrogen-bond donors (Lipinski definition) is 2. The van der Waals surface area contributed by atoms with Crippen molar-refractivity contribution in [1.29, 1.82) is 5.26 Å². The number of carbonyl (C=O) groups is 1. The molecule has 5 heteroatoms. The fourth-order valence-electron chi connectivity index (χ4n) is 1.16. The summed E-state index contributed by atoms with van der Waals surface area (Å²) in [5.74, 6) is 0. The summed E-state index contributed by atoms with van der Waals surface area (Å²) in [6.45, 7) is 1.54. The molecule has 0 saturated carbocycles. The highest BCUT2D eigenvalue weighted by Crippen LogP contribution is 2.18. The summed E-state index contributed by atoms with van der Waals surface area (Å²) in [7, 11) is 0. The molecule has 1 aromatic rings. The first-order valence-corrected chi connectivity index (χ1v) is 5.76. The van der Waals surface area contributed by atoms with Gasteiger partial charge in [-0.3, -0.25) is 0 Å². The quantitative estimate of drug-likeness (QED) is 0.649. The number of rotatable bonds is 4. The predicted molar refractivity (Wildman–Crippen MR) is 69.0 cm³/mol. The van der Waals surface area contributed by atoms with E-state index in [0.717, 1.165) is 3.57 Å². The normalized spacial score (nSPS) is 13.6. The third kappa shape index (κ3) is 3.18. The van der Waals surface area contributed by atoms with Gasteiger partial charge in [-0.2, -0.15) is 5.26 Å². The maximum absolute atomic E-state index is 10.7. The molecule has 0 bridgehead atoms. The van der Waals surface area contributed by atoms with Crippen molar-refractivity contribution in [3.05, 3.63) is 27.3 Å². The molecule has 0 spiro atoms. The van der Waals surface area contributed by atoms with Crippen LogP contribution in [0.2, 0.25) is 0 Å². The van der Waals surface area contributed by atoms with Gasteiger partial charge in [-0.05, 0) is 47.7 Å². The second-order valence-corrected chi connectivity index (χ2v) is 4.52. The second kappa shape index (κ2) is 5.82. The van der Waals surface area contributed by atoms with Gasteiger partial charge in [0.25, 0.3) is 0 Å². The van der Waals surface area contributed by atoms with Crippen LogP contribution in [0.3, 0.4) is 0 Å². The summed E-state index contributed by atoms with van der Waals surface area (Å²) in [5.41, 5.74) is 1.30. The van der Waals surface area contributed by atoms with Crippen molar-refractivity contribution in [1.82, 2.24) is 0 Å². The molecule has 1 rings (SSSR count). The van der Waals surface area contributed by atoms with Crippen LogP contribution in [-0.2, 0) is 4.79 Å². The van der Waals surface area contributed by atoms with Gasteiger partial charge in [0.2, 0.25) is 0 Å². The van der Waals surface area contributed by atoms with E-state index in [1.54, 1.807) is 25.1 Å². The van der Waals surface area contributed by atoms with Gasteiger partial charge in [-0.15, -0.1) is 0 Å². The molecule has 0 amide bonds. The Labute approximate surface area is 107 Å². The van der Waals surface area contributed by atoms with Gasteiger partial charge in [0.1, 0.15) is 18.4 Å². The minimum absolute atomic E-state index is 0.589. The number of aliphatic hydroxyl groups is 1. The number of aliphatic hydroxyl groups excluding tert-OH is 1. The lowest BCUT2D eigenvalue weighted by atomic mass is 10.1. The SMILES string of the molecule is C[C@H](O)[C@H](C=O)Nc1ccc(C#N)c(I)c1. The molecule has 1 aromatic carbocycles. The number of halogens is 1. The van der Waals surface area contributed by atoms with Gasteiger partial charge in [0.05, 0.1) is 11.7 Å². The first-order chi connectivity index (χ1) is 7.58. The highest BCUT2D eigenvalue weighted by molar-refractivity contribution is 14.1. The summed E-state index contributed by atoms with van der Waals surface area (Å²) in [4.78, 5) is 10.7. The number of nitrogens with zero attached hydrogens (tertiary/aromatic N) is 1. The van der Waals surface area contributed by atoms with Crippen molar-refractivity contribution in [2.24, 2.45) is 0 Å². The lowest BCUT2D eigenvalue weighted by Crippen LogP contribution is -2.32. The van der Waals surface area contributed by atoms with Crippen LogP contribution in [0.15, 0.2) is 18.2 Å². The first kappa shape index (κ1) is 12.9. The fraction of sp³-hybridized carbons (Fsp3) is 0.273. The molecule has 2 N–H and O–H groups in total. The minimum atomic E-state index is -0.759. The molecule has 0 aliphatic rings. The van der Waals surface area contributed by atoms with Crippen molar-refractivity contribution in [2.45, 2.75) is 19.1 Å². The highest BCUT2D eigenvalue weighted by atomic mass is 127. The average molecular weight is 330 g/mol. The lowest BCUT2D eigenvalue weighted by molar-refractivity contribution is -0.110. The van der Waals surface area contributed by atoms with Crippen LogP contribution in [0, 0.1) is 14.9 Å². The van der Waals surface area contributed by atoms with Crippen LogP contribution in [0.5, 0.6) is 0 Å². The van der Waals surface area contributed by atoms with E-state index in [-0.39, 0.29) is 0 Å². The molecule has 0 heterocycles. The van der Waals surface area contributed by atoms with E-state index in [1.165, 1.54) is 0 Å². The largest absolute Gasteiger partial charge is 0.391 e. The van der Waals surface area contributed by atoms with Crippen LogP contribution < -0.4 is 5.32 Å². The Kier molecular flexibility index (Phi) is 4.71. The highest BCUT2D eigenvalue weighted by Gasteiger charge is 2.13. The Morgan fingerprint density at radius 3 is 2.75 bits per heavy atom. The average Bonchev–Trinajstić information content (AvgIpc) is 2.25. The number of aldehydes is 1. The topological polar surface area (TPSA) is 73.1 Å². The van der Waals surface area contributed by atoms with Gasteiger partial charge in [0, 0.05) is 9.26 Å². The third-order valence-corrected chi connectivity index (χ3v) is 2.98. The summed E-state index contributed by atoms with van der Waals surface area (Å²) in [6.07, 6.45) is -0.0961. The maximum Gasteiger partial charge on any atom is 0.144 e. The summed E-state index contributed by atoms with van der Waals surface area (Å²) in [6, 6.07) is 6.57. The predicted octanol–water partition coefficient (Wildman–Crippen LogP) is 1.52. The molecule has 0 radical (unpaired) electrons. The maximum atomic E-state index is 10.7. The standard InChI is InChI=1S/C11H11IN2O2/c1-7(16)11(6-15)14-9-3-2-8(5-13)10(12)4-9/h2-4,6-7,11,14,16H,1H3/t7-,11-/m0/s1.